The van der Waals surface area contributed by atoms with Crippen molar-refractivity contribution in [3.8, 4) is 5.75 Å². The second-order valence-electron chi connectivity index (χ2n) is 9.72. The predicted molar refractivity (Wildman–Crippen MR) is 149 cm³/mol. The topological polar surface area (TPSA) is 79.7 Å². The fourth-order valence-electron chi connectivity index (χ4n) is 5.32. The lowest BCUT2D eigenvalue weighted by Gasteiger charge is -2.24. The summed E-state index contributed by atoms with van der Waals surface area (Å²) in [7, 11) is 0. The SMILES string of the molecule is O=C(O)c1c2c(c(OC(C3=CC=CC=CC3)c3ccccc3)c3ncccc13)C(=O)N(Cc1ccc(F)cc1)C2. The largest absolute Gasteiger partial charge is 0.478 e. The lowest BCUT2D eigenvalue weighted by molar-refractivity contribution is 0.0693. The Hall–Kier alpha value is -5.04. The van der Waals surface area contributed by atoms with Gasteiger partial charge in [-0.1, -0.05) is 78.9 Å². The molecular weight excluding hydrogens is 507 g/mol. The molecule has 1 aliphatic heterocycles. The number of fused-ring (bicyclic) bond motifs is 2. The van der Waals surface area contributed by atoms with E-state index in [1.807, 2.05) is 60.7 Å². The van der Waals surface area contributed by atoms with Gasteiger partial charge in [0.15, 0.2) is 5.75 Å². The molecule has 0 bridgehead atoms. The van der Waals surface area contributed by atoms with Crippen molar-refractivity contribution in [3.05, 3.63) is 143 Å². The Morgan fingerprint density at radius 2 is 1.82 bits per heavy atom. The molecule has 1 amide bonds. The Balaban J connectivity index is 1.52. The standard InChI is InChI=1S/C33H25FN2O4/c34-24-16-14-21(15-17-24)19-36-20-26-27(33(38)39)25-13-8-18-35-29(25)31(28(26)32(36)37)40-30(23-11-6-3-7-12-23)22-9-4-1-2-5-10-22/h1-9,11-18,30H,10,19-20H2,(H,38,39). The lowest BCUT2D eigenvalue weighted by Crippen LogP contribution is -2.23. The van der Waals surface area contributed by atoms with Crippen LogP contribution in [0.2, 0.25) is 0 Å². The Morgan fingerprint density at radius 3 is 2.60 bits per heavy atom. The molecule has 1 aliphatic carbocycles. The molecule has 1 atom stereocenters. The molecule has 2 heterocycles. The molecule has 2 aliphatic rings. The van der Waals surface area contributed by atoms with Crippen molar-refractivity contribution in [1.29, 1.82) is 0 Å². The van der Waals surface area contributed by atoms with Gasteiger partial charge in [0, 0.05) is 30.2 Å². The number of aromatic nitrogens is 1. The molecule has 198 valence electrons. The summed E-state index contributed by atoms with van der Waals surface area (Å²) in [5, 5.41) is 10.7. The van der Waals surface area contributed by atoms with Crippen LogP contribution in [0.5, 0.6) is 5.75 Å². The van der Waals surface area contributed by atoms with E-state index in [1.54, 1.807) is 35.4 Å². The van der Waals surface area contributed by atoms with Crippen LogP contribution in [0.3, 0.4) is 0 Å². The second-order valence-corrected chi connectivity index (χ2v) is 9.72. The smallest absolute Gasteiger partial charge is 0.336 e. The minimum Gasteiger partial charge on any atom is -0.478 e. The van der Waals surface area contributed by atoms with Crippen LogP contribution in [-0.2, 0) is 13.1 Å². The van der Waals surface area contributed by atoms with Crippen LogP contribution < -0.4 is 4.74 Å². The summed E-state index contributed by atoms with van der Waals surface area (Å²) in [5.74, 6) is -1.61. The molecule has 3 aromatic carbocycles. The Labute approximate surface area is 230 Å². The van der Waals surface area contributed by atoms with Crippen molar-refractivity contribution in [1.82, 2.24) is 9.88 Å². The highest BCUT2D eigenvalue weighted by Gasteiger charge is 2.38. The molecule has 7 heteroatoms. The summed E-state index contributed by atoms with van der Waals surface area (Å²) < 4.78 is 20.3. The molecule has 40 heavy (non-hydrogen) atoms. The number of allylic oxidation sites excluding steroid dienone is 5. The molecular formula is C33H25FN2O4. The van der Waals surface area contributed by atoms with Crippen LogP contribution in [0.15, 0.2) is 109 Å². The molecule has 0 spiro atoms. The van der Waals surface area contributed by atoms with E-state index in [-0.39, 0.29) is 41.7 Å². The van der Waals surface area contributed by atoms with Gasteiger partial charge < -0.3 is 14.7 Å². The van der Waals surface area contributed by atoms with Gasteiger partial charge in [-0.15, -0.1) is 0 Å². The quantitative estimate of drug-likeness (QED) is 0.284. The zero-order valence-corrected chi connectivity index (χ0v) is 21.5. The second kappa shape index (κ2) is 10.6. The van der Waals surface area contributed by atoms with E-state index in [2.05, 4.69) is 4.98 Å². The summed E-state index contributed by atoms with van der Waals surface area (Å²) in [6.45, 7) is 0.275. The number of pyridine rings is 1. The van der Waals surface area contributed by atoms with E-state index in [4.69, 9.17) is 4.74 Å². The third kappa shape index (κ3) is 4.66. The van der Waals surface area contributed by atoms with E-state index in [9.17, 15) is 19.1 Å². The van der Waals surface area contributed by atoms with Crippen LogP contribution in [0.25, 0.3) is 10.9 Å². The molecule has 0 saturated carbocycles. The summed E-state index contributed by atoms with van der Waals surface area (Å²) in [4.78, 5) is 32.6. The molecule has 6 rings (SSSR count). The highest BCUT2D eigenvalue weighted by atomic mass is 19.1. The number of carbonyl (C=O) groups is 2. The first-order chi connectivity index (χ1) is 19.5. The first-order valence-corrected chi connectivity index (χ1v) is 13.0. The van der Waals surface area contributed by atoms with Crippen molar-refractivity contribution in [2.75, 3.05) is 0 Å². The number of benzene rings is 3. The number of amides is 1. The molecule has 0 fully saturated rings. The van der Waals surface area contributed by atoms with Crippen LogP contribution in [-0.4, -0.2) is 26.9 Å². The summed E-state index contributed by atoms with van der Waals surface area (Å²) in [6.07, 6.45) is 11.6. The van der Waals surface area contributed by atoms with Gasteiger partial charge in [0.25, 0.3) is 5.91 Å². The van der Waals surface area contributed by atoms with Gasteiger partial charge in [0.05, 0.1) is 11.1 Å². The lowest BCUT2D eigenvalue weighted by atomic mass is 9.95. The van der Waals surface area contributed by atoms with Gasteiger partial charge in [-0.05, 0) is 41.3 Å². The average molecular weight is 533 g/mol. The van der Waals surface area contributed by atoms with E-state index in [0.29, 0.717) is 22.9 Å². The number of carbonyl (C=O) groups excluding carboxylic acids is 1. The summed E-state index contributed by atoms with van der Waals surface area (Å²) in [6, 6.07) is 19.0. The first-order valence-electron chi connectivity index (χ1n) is 13.0. The molecule has 6 nitrogen and oxygen atoms in total. The van der Waals surface area contributed by atoms with Gasteiger partial charge in [-0.2, -0.15) is 0 Å². The maximum Gasteiger partial charge on any atom is 0.336 e. The molecule has 1 aromatic heterocycles. The van der Waals surface area contributed by atoms with E-state index >= 15 is 0 Å². The number of carboxylic acids is 1. The fourth-order valence-corrected chi connectivity index (χ4v) is 5.32. The van der Waals surface area contributed by atoms with Gasteiger partial charge >= 0.3 is 5.97 Å². The summed E-state index contributed by atoms with van der Waals surface area (Å²) >= 11 is 0. The van der Waals surface area contributed by atoms with Crippen LogP contribution >= 0.6 is 0 Å². The number of nitrogens with zero attached hydrogens (tertiary/aromatic N) is 2. The molecule has 4 aromatic rings. The average Bonchev–Trinajstić information content (AvgIpc) is 3.12. The first kappa shape index (κ1) is 25.2. The predicted octanol–water partition coefficient (Wildman–Crippen LogP) is 6.79. The van der Waals surface area contributed by atoms with Crippen LogP contribution in [0, 0.1) is 5.82 Å². The summed E-state index contributed by atoms with van der Waals surface area (Å²) in [5.41, 5.74) is 3.54. The number of carboxylic acid groups (broad SMARTS) is 1. The fraction of sp³-hybridized carbons (Fsp3) is 0.121. The van der Waals surface area contributed by atoms with Crippen molar-refractivity contribution in [2.45, 2.75) is 25.6 Å². The van der Waals surface area contributed by atoms with Crippen molar-refractivity contribution in [3.63, 3.8) is 0 Å². The number of halogens is 1. The van der Waals surface area contributed by atoms with Crippen LogP contribution in [0.4, 0.5) is 4.39 Å². The van der Waals surface area contributed by atoms with Crippen molar-refractivity contribution in [2.24, 2.45) is 0 Å². The van der Waals surface area contributed by atoms with Gasteiger partial charge in [0.2, 0.25) is 0 Å². The number of aromatic carboxylic acids is 1. The Kier molecular flexibility index (Phi) is 6.70. The van der Waals surface area contributed by atoms with E-state index in [1.165, 1.54) is 12.1 Å². The Morgan fingerprint density at radius 1 is 1.02 bits per heavy atom. The van der Waals surface area contributed by atoms with Gasteiger partial charge in [-0.3, -0.25) is 9.78 Å². The highest BCUT2D eigenvalue weighted by Crippen LogP contribution is 2.43. The maximum atomic E-state index is 14.0. The van der Waals surface area contributed by atoms with Crippen molar-refractivity contribution >= 4 is 22.8 Å². The third-order valence-electron chi connectivity index (χ3n) is 7.17. The molecule has 0 radical (unpaired) electrons. The number of rotatable bonds is 7. The molecule has 1 unspecified atom stereocenters. The number of ether oxygens (including phenoxy) is 1. The molecule has 0 saturated heterocycles. The monoisotopic (exact) mass is 532 g/mol. The minimum atomic E-state index is -1.14. The third-order valence-corrected chi connectivity index (χ3v) is 7.17. The van der Waals surface area contributed by atoms with E-state index in [0.717, 1.165) is 16.7 Å². The van der Waals surface area contributed by atoms with Gasteiger partial charge in [-0.25, -0.2) is 9.18 Å². The molecule has 1 N–H and O–H groups in total. The zero-order valence-electron chi connectivity index (χ0n) is 21.5. The van der Waals surface area contributed by atoms with Crippen LogP contribution in [0.1, 0.15) is 49.9 Å². The number of hydrogen-bond acceptors (Lipinski definition) is 4. The normalized spacial score (nSPS) is 15.1. The van der Waals surface area contributed by atoms with Gasteiger partial charge in [0.1, 0.15) is 17.4 Å². The zero-order chi connectivity index (χ0) is 27.6. The Bertz CT molecular complexity index is 1710. The van der Waals surface area contributed by atoms with E-state index < -0.39 is 12.1 Å². The minimum absolute atomic E-state index is 0.0382. The maximum absolute atomic E-state index is 14.0. The van der Waals surface area contributed by atoms with Crippen molar-refractivity contribution < 1.29 is 23.8 Å². The number of hydrogen-bond donors (Lipinski definition) is 1. The highest BCUT2D eigenvalue weighted by molar-refractivity contribution is 6.14.